The number of aliphatic hydroxyl groups excluding tert-OH is 2. The molecule has 1 fully saturated rings. The number of thiophene rings is 1. The summed E-state index contributed by atoms with van der Waals surface area (Å²) >= 11 is 1.55. The van der Waals surface area contributed by atoms with Gasteiger partial charge in [0.25, 0.3) is 0 Å². The molecule has 1 aromatic heterocycles. The van der Waals surface area contributed by atoms with Crippen LogP contribution in [0.2, 0.25) is 0 Å². The smallest absolute Gasteiger partial charge is 0.219 e. The lowest BCUT2D eigenvalue weighted by molar-refractivity contribution is -0.121. The molecule has 0 spiro atoms. The number of fused-ring (bicyclic) bond motifs is 1. The Bertz CT molecular complexity index is 915. The minimum atomic E-state index is -0.759. The predicted octanol–water partition coefficient (Wildman–Crippen LogP) is 4.31. The largest absolute Gasteiger partial charge is 0.392 e. The lowest BCUT2D eigenvalue weighted by Crippen LogP contribution is -2.21. The van der Waals surface area contributed by atoms with Crippen molar-refractivity contribution in [2.24, 2.45) is 11.8 Å². The van der Waals surface area contributed by atoms with E-state index in [1.165, 1.54) is 0 Å². The molecule has 166 valence electrons. The van der Waals surface area contributed by atoms with Crippen LogP contribution in [0.25, 0.3) is 10.1 Å². The van der Waals surface area contributed by atoms with Gasteiger partial charge in [0.15, 0.2) is 0 Å². The Balaban J connectivity index is 1.55. The third-order valence-corrected chi connectivity index (χ3v) is 6.88. The normalized spacial score (nSPS) is 22.7. The van der Waals surface area contributed by atoms with Crippen LogP contribution in [-0.4, -0.2) is 34.6 Å². The monoisotopic (exact) mass is 441 g/mol. The number of aliphatic hydroxyl groups is 2. The SMILES string of the molecule is CCNC(=O)CCCC=CC[C@H]1C(=O)C[C@@H](O)[C@@H]1C=CC(O)c1cc2ccccc2s1. The molecule has 1 heterocycles. The van der Waals surface area contributed by atoms with Gasteiger partial charge in [-0.1, -0.05) is 42.5 Å². The maximum absolute atomic E-state index is 12.4. The van der Waals surface area contributed by atoms with Crippen LogP contribution in [0.3, 0.4) is 0 Å². The predicted molar refractivity (Wildman–Crippen MR) is 125 cm³/mol. The van der Waals surface area contributed by atoms with Crippen molar-refractivity contribution in [2.75, 3.05) is 6.54 Å². The number of carbonyl (C=O) groups excluding carboxylic acids is 2. The Labute approximate surface area is 187 Å². The Hall–Kier alpha value is -2.28. The van der Waals surface area contributed by atoms with Gasteiger partial charge >= 0.3 is 0 Å². The molecule has 1 amide bonds. The van der Waals surface area contributed by atoms with Gasteiger partial charge in [-0.25, -0.2) is 0 Å². The highest BCUT2D eigenvalue weighted by molar-refractivity contribution is 7.19. The molecule has 0 saturated heterocycles. The molecule has 0 bridgehead atoms. The van der Waals surface area contributed by atoms with E-state index in [0.29, 0.717) is 19.4 Å². The van der Waals surface area contributed by atoms with Gasteiger partial charge in [-0.2, -0.15) is 0 Å². The van der Waals surface area contributed by atoms with Gasteiger partial charge in [0, 0.05) is 40.8 Å². The van der Waals surface area contributed by atoms with Crippen molar-refractivity contribution in [2.45, 2.75) is 51.2 Å². The van der Waals surface area contributed by atoms with E-state index in [1.54, 1.807) is 23.5 Å². The van der Waals surface area contributed by atoms with E-state index in [0.717, 1.165) is 27.8 Å². The lowest BCUT2D eigenvalue weighted by Gasteiger charge is -2.16. The van der Waals surface area contributed by atoms with Crippen LogP contribution in [0.15, 0.2) is 54.6 Å². The summed E-state index contributed by atoms with van der Waals surface area (Å²) in [6, 6.07) is 9.97. The molecule has 1 aromatic carbocycles. The van der Waals surface area contributed by atoms with Gasteiger partial charge in [-0.3, -0.25) is 9.59 Å². The van der Waals surface area contributed by atoms with Crippen LogP contribution >= 0.6 is 11.3 Å². The van der Waals surface area contributed by atoms with Gasteiger partial charge in [0.1, 0.15) is 11.9 Å². The number of benzene rings is 1. The molecule has 2 aromatic rings. The first-order valence-corrected chi connectivity index (χ1v) is 11.8. The molecule has 1 unspecified atom stereocenters. The van der Waals surface area contributed by atoms with Gasteiger partial charge in [0.2, 0.25) is 5.91 Å². The number of hydrogen-bond donors (Lipinski definition) is 3. The lowest BCUT2D eigenvalue weighted by atomic mass is 9.90. The fourth-order valence-corrected chi connectivity index (χ4v) is 5.06. The second-order valence-corrected chi connectivity index (χ2v) is 9.11. The molecule has 31 heavy (non-hydrogen) atoms. The summed E-state index contributed by atoms with van der Waals surface area (Å²) in [7, 11) is 0. The Kier molecular flexibility index (Phi) is 8.58. The molecule has 0 aliphatic heterocycles. The first-order valence-electron chi connectivity index (χ1n) is 11.0. The van der Waals surface area contributed by atoms with Gasteiger partial charge < -0.3 is 15.5 Å². The second-order valence-electron chi connectivity index (χ2n) is 7.99. The minimum absolute atomic E-state index is 0.0606. The van der Waals surface area contributed by atoms with Gasteiger partial charge in [0.05, 0.1) is 6.10 Å². The Morgan fingerprint density at radius 1 is 1.32 bits per heavy atom. The number of Topliss-reactive ketones (excluding diaryl/α,β-unsaturated/α-hetero) is 1. The Morgan fingerprint density at radius 2 is 2.13 bits per heavy atom. The van der Waals surface area contributed by atoms with Crippen molar-refractivity contribution >= 4 is 33.1 Å². The third kappa shape index (κ3) is 6.35. The van der Waals surface area contributed by atoms with E-state index in [1.807, 2.05) is 49.4 Å². The summed E-state index contributed by atoms with van der Waals surface area (Å²) in [6.07, 6.45) is 8.78. The average Bonchev–Trinajstić information content (AvgIpc) is 3.29. The van der Waals surface area contributed by atoms with Crippen LogP contribution in [0.4, 0.5) is 0 Å². The highest BCUT2D eigenvalue weighted by atomic mass is 32.1. The van der Waals surface area contributed by atoms with Crippen LogP contribution < -0.4 is 5.32 Å². The number of ketones is 1. The number of amides is 1. The highest BCUT2D eigenvalue weighted by Crippen LogP contribution is 2.35. The maximum Gasteiger partial charge on any atom is 0.219 e. The van der Waals surface area contributed by atoms with E-state index >= 15 is 0 Å². The summed E-state index contributed by atoms with van der Waals surface area (Å²) < 4.78 is 1.12. The number of hydrogen-bond acceptors (Lipinski definition) is 5. The summed E-state index contributed by atoms with van der Waals surface area (Å²) in [4.78, 5) is 24.7. The van der Waals surface area contributed by atoms with Crippen LogP contribution in [0.5, 0.6) is 0 Å². The van der Waals surface area contributed by atoms with Crippen LogP contribution in [0, 0.1) is 11.8 Å². The molecule has 1 saturated carbocycles. The quantitative estimate of drug-likeness (QED) is 0.379. The molecule has 4 atom stereocenters. The zero-order chi connectivity index (χ0) is 22.2. The number of nitrogens with one attached hydrogen (secondary N) is 1. The Morgan fingerprint density at radius 3 is 2.90 bits per heavy atom. The first-order chi connectivity index (χ1) is 15.0. The average molecular weight is 442 g/mol. The number of carbonyl (C=O) groups is 2. The summed E-state index contributed by atoms with van der Waals surface area (Å²) in [5, 5.41) is 24.8. The van der Waals surface area contributed by atoms with E-state index < -0.39 is 12.2 Å². The van der Waals surface area contributed by atoms with Crippen molar-refractivity contribution < 1.29 is 19.8 Å². The van der Waals surface area contributed by atoms with Gasteiger partial charge in [-0.05, 0) is 43.7 Å². The van der Waals surface area contributed by atoms with E-state index in [-0.39, 0.29) is 29.9 Å². The third-order valence-electron chi connectivity index (χ3n) is 5.69. The molecule has 6 heteroatoms. The highest BCUT2D eigenvalue weighted by Gasteiger charge is 2.39. The van der Waals surface area contributed by atoms with E-state index in [9.17, 15) is 19.8 Å². The fourth-order valence-electron chi connectivity index (χ4n) is 4.03. The number of allylic oxidation sites excluding steroid dienone is 2. The zero-order valence-electron chi connectivity index (χ0n) is 17.9. The second kappa shape index (κ2) is 11.4. The maximum atomic E-state index is 12.4. The topological polar surface area (TPSA) is 86.6 Å². The molecule has 1 aliphatic carbocycles. The standard InChI is InChI=1S/C25H31NO4S/c1-2-26-25(30)12-6-4-3-5-10-18-19(22(29)16-21(18)28)13-14-20(27)24-15-17-9-7-8-11-23(17)31-24/h3,5,7-9,11,13-15,18-20,22,27,29H,2,4,6,10,12,16H2,1H3,(H,26,30)/t18-,19-,20?,22-/m1/s1. The van der Waals surface area contributed by atoms with Crippen molar-refractivity contribution in [3.05, 3.63) is 59.5 Å². The molecule has 0 radical (unpaired) electrons. The zero-order valence-corrected chi connectivity index (χ0v) is 18.7. The van der Waals surface area contributed by atoms with Crippen molar-refractivity contribution in [1.82, 2.24) is 5.32 Å². The minimum Gasteiger partial charge on any atom is -0.392 e. The van der Waals surface area contributed by atoms with Crippen molar-refractivity contribution in [3.8, 4) is 0 Å². The summed E-state index contributed by atoms with van der Waals surface area (Å²) in [6.45, 7) is 2.55. The van der Waals surface area contributed by atoms with E-state index in [2.05, 4.69) is 5.32 Å². The van der Waals surface area contributed by atoms with Gasteiger partial charge in [-0.15, -0.1) is 11.3 Å². The van der Waals surface area contributed by atoms with E-state index in [4.69, 9.17) is 0 Å². The summed E-state index contributed by atoms with van der Waals surface area (Å²) in [5.41, 5.74) is 0. The number of unbranched alkanes of at least 4 members (excludes halogenated alkanes) is 1. The number of rotatable bonds is 10. The van der Waals surface area contributed by atoms with Crippen molar-refractivity contribution in [3.63, 3.8) is 0 Å². The van der Waals surface area contributed by atoms with Crippen LogP contribution in [0.1, 0.15) is 50.0 Å². The first kappa shape index (κ1) is 23.4. The molecule has 5 nitrogen and oxygen atoms in total. The molecular formula is C25H31NO4S. The van der Waals surface area contributed by atoms with Crippen molar-refractivity contribution in [1.29, 1.82) is 0 Å². The van der Waals surface area contributed by atoms with Crippen LogP contribution in [-0.2, 0) is 9.59 Å². The fraction of sp³-hybridized carbons (Fsp3) is 0.440. The molecule has 3 rings (SSSR count). The molecule has 3 N–H and O–H groups in total. The molecule has 1 aliphatic rings. The molecular weight excluding hydrogens is 410 g/mol. The summed E-state index contributed by atoms with van der Waals surface area (Å²) in [5.74, 6) is -0.449.